The molecule has 0 bridgehead atoms. The molecule has 1 aromatic rings. The molecular weight excluding hydrogens is 290 g/mol. The van der Waals surface area contributed by atoms with Crippen molar-refractivity contribution >= 4 is 23.4 Å². The van der Waals surface area contributed by atoms with Crippen molar-refractivity contribution < 1.29 is 9.59 Å². The Morgan fingerprint density at radius 3 is 2.67 bits per heavy atom. The van der Waals surface area contributed by atoms with Crippen molar-refractivity contribution in [2.24, 2.45) is 5.73 Å². The first-order valence-corrected chi connectivity index (χ1v) is 7.43. The van der Waals surface area contributed by atoms with Gasteiger partial charge in [0, 0.05) is 11.1 Å². The van der Waals surface area contributed by atoms with Gasteiger partial charge in [-0.15, -0.1) is 0 Å². The van der Waals surface area contributed by atoms with Gasteiger partial charge in [0.2, 0.25) is 11.8 Å². The number of hydrogen-bond acceptors (Lipinski definition) is 4. The molecule has 3 atom stereocenters. The molecule has 0 aliphatic carbocycles. The second-order valence-corrected chi connectivity index (χ2v) is 5.74. The lowest BCUT2D eigenvalue weighted by molar-refractivity contribution is -0.142. The fraction of sp³-hybridized carbons (Fsp3) is 0.467. The van der Waals surface area contributed by atoms with Crippen LogP contribution in [0.2, 0.25) is 5.02 Å². The Labute approximate surface area is 129 Å². The summed E-state index contributed by atoms with van der Waals surface area (Å²) in [4.78, 5) is 25.6. The number of hydrogen-bond donors (Lipinski definition) is 2. The van der Waals surface area contributed by atoms with Crippen molar-refractivity contribution in [1.29, 1.82) is 0 Å². The van der Waals surface area contributed by atoms with Crippen molar-refractivity contribution in [3.05, 3.63) is 34.9 Å². The quantitative estimate of drug-likeness (QED) is 0.826. The summed E-state index contributed by atoms with van der Waals surface area (Å²) < 4.78 is 0. The maximum atomic E-state index is 12.0. The van der Waals surface area contributed by atoms with E-state index < -0.39 is 0 Å². The number of benzene rings is 1. The third-order valence-corrected chi connectivity index (χ3v) is 4.10. The molecule has 2 amide bonds. The second kappa shape index (κ2) is 6.56. The topological polar surface area (TPSA) is 75.4 Å². The van der Waals surface area contributed by atoms with E-state index in [2.05, 4.69) is 5.32 Å². The minimum absolute atomic E-state index is 0.141. The van der Waals surface area contributed by atoms with Crippen molar-refractivity contribution in [1.82, 2.24) is 10.2 Å². The Balaban J connectivity index is 2.43. The molecule has 1 aliphatic rings. The van der Waals surface area contributed by atoms with Crippen LogP contribution in [0.25, 0.3) is 0 Å². The Morgan fingerprint density at radius 1 is 1.43 bits per heavy atom. The van der Waals surface area contributed by atoms with Gasteiger partial charge >= 0.3 is 0 Å². The number of imide groups is 1. The lowest BCUT2D eigenvalue weighted by Gasteiger charge is -2.41. The number of carbonyl (C=O) groups is 2. The summed E-state index contributed by atoms with van der Waals surface area (Å²) in [5.74, 6) is -0.575. The largest absolute Gasteiger partial charge is 0.326 e. The highest BCUT2D eigenvalue weighted by atomic mass is 35.5. The SMILES string of the molecule is CCC1C(=O)NC(=O)CN1C(c1ccccc1Cl)C(C)N. The first-order chi connectivity index (χ1) is 9.95. The Hall–Kier alpha value is -1.43. The lowest BCUT2D eigenvalue weighted by atomic mass is 9.95. The molecule has 0 spiro atoms. The van der Waals surface area contributed by atoms with Gasteiger partial charge in [-0.1, -0.05) is 36.7 Å². The van der Waals surface area contributed by atoms with Gasteiger partial charge in [-0.2, -0.15) is 0 Å². The molecule has 1 aliphatic heterocycles. The molecule has 2 rings (SSSR count). The zero-order chi connectivity index (χ0) is 15.6. The van der Waals surface area contributed by atoms with Gasteiger partial charge < -0.3 is 5.73 Å². The van der Waals surface area contributed by atoms with Gasteiger partial charge in [0.25, 0.3) is 0 Å². The third kappa shape index (κ3) is 3.26. The molecule has 1 fully saturated rings. The standard InChI is InChI=1S/C15H20ClN3O2/c1-3-12-15(21)18-13(20)8-19(12)14(9(2)17)10-6-4-5-7-11(10)16/h4-7,9,12,14H,3,8,17H2,1-2H3,(H,18,20,21). The van der Waals surface area contributed by atoms with E-state index in [1.807, 2.05) is 36.9 Å². The predicted octanol–water partition coefficient (Wildman–Crippen LogP) is 1.47. The molecule has 3 unspecified atom stereocenters. The minimum atomic E-state index is -0.380. The number of nitrogens with two attached hydrogens (primary N) is 1. The third-order valence-electron chi connectivity index (χ3n) is 3.76. The van der Waals surface area contributed by atoms with E-state index in [0.29, 0.717) is 11.4 Å². The van der Waals surface area contributed by atoms with Crippen molar-refractivity contribution in [3.63, 3.8) is 0 Å². The highest BCUT2D eigenvalue weighted by molar-refractivity contribution is 6.31. The Kier molecular flexibility index (Phi) is 4.98. The molecule has 0 radical (unpaired) electrons. The number of nitrogens with zero attached hydrogens (tertiary/aromatic N) is 1. The summed E-state index contributed by atoms with van der Waals surface area (Å²) >= 11 is 6.28. The first kappa shape index (κ1) is 15.9. The Morgan fingerprint density at radius 2 is 2.10 bits per heavy atom. The van der Waals surface area contributed by atoms with Crippen LogP contribution in [0.15, 0.2) is 24.3 Å². The van der Waals surface area contributed by atoms with Crippen LogP contribution in [0.5, 0.6) is 0 Å². The maximum absolute atomic E-state index is 12.0. The van der Waals surface area contributed by atoms with Crippen LogP contribution < -0.4 is 11.1 Å². The average molecular weight is 310 g/mol. The van der Waals surface area contributed by atoms with Crippen LogP contribution in [0.1, 0.15) is 31.9 Å². The van der Waals surface area contributed by atoms with Gasteiger partial charge in [0.05, 0.1) is 18.6 Å². The molecule has 3 N–H and O–H groups in total. The van der Waals surface area contributed by atoms with Crippen LogP contribution in [0.3, 0.4) is 0 Å². The van der Waals surface area contributed by atoms with E-state index in [0.717, 1.165) is 5.56 Å². The predicted molar refractivity (Wildman–Crippen MR) is 81.8 cm³/mol. The number of halogens is 1. The second-order valence-electron chi connectivity index (χ2n) is 5.33. The van der Waals surface area contributed by atoms with Gasteiger partial charge in [0.1, 0.15) is 0 Å². The monoisotopic (exact) mass is 309 g/mol. The molecule has 1 aromatic carbocycles. The van der Waals surface area contributed by atoms with Crippen LogP contribution in [-0.2, 0) is 9.59 Å². The minimum Gasteiger partial charge on any atom is -0.326 e. The maximum Gasteiger partial charge on any atom is 0.243 e. The first-order valence-electron chi connectivity index (χ1n) is 7.05. The molecular formula is C15H20ClN3O2. The Bertz CT molecular complexity index is 547. The van der Waals surface area contributed by atoms with E-state index in [4.69, 9.17) is 17.3 Å². The van der Waals surface area contributed by atoms with Crippen LogP contribution in [0.4, 0.5) is 0 Å². The lowest BCUT2D eigenvalue weighted by Crippen LogP contribution is -2.60. The number of carbonyl (C=O) groups excluding carboxylic acids is 2. The van der Waals surface area contributed by atoms with Crippen molar-refractivity contribution in [3.8, 4) is 0 Å². The fourth-order valence-corrected chi connectivity index (χ4v) is 3.13. The average Bonchev–Trinajstić information content (AvgIpc) is 2.40. The summed E-state index contributed by atoms with van der Waals surface area (Å²) in [5, 5.41) is 2.97. The fourth-order valence-electron chi connectivity index (χ4n) is 2.88. The van der Waals surface area contributed by atoms with Crippen molar-refractivity contribution in [2.45, 2.75) is 38.4 Å². The number of nitrogens with one attached hydrogen (secondary N) is 1. The number of amides is 2. The number of rotatable bonds is 4. The molecule has 21 heavy (non-hydrogen) atoms. The molecule has 0 saturated carbocycles. The molecule has 5 nitrogen and oxygen atoms in total. The number of piperazine rings is 1. The van der Waals surface area contributed by atoms with E-state index >= 15 is 0 Å². The summed E-state index contributed by atoms with van der Waals surface area (Å²) in [5.41, 5.74) is 6.98. The van der Waals surface area contributed by atoms with Crippen LogP contribution in [0, 0.1) is 0 Å². The normalized spacial score (nSPS) is 22.8. The summed E-state index contributed by atoms with van der Waals surface area (Å²) in [6.07, 6.45) is 0.604. The highest BCUT2D eigenvalue weighted by Crippen LogP contribution is 2.32. The molecule has 6 heteroatoms. The van der Waals surface area contributed by atoms with Gasteiger partial charge in [-0.3, -0.25) is 19.8 Å². The molecule has 1 heterocycles. The van der Waals surface area contributed by atoms with E-state index in [1.165, 1.54) is 0 Å². The van der Waals surface area contributed by atoms with Crippen molar-refractivity contribution in [2.75, 3.05) is 6.54 Å². The summed E-state index contributed by atoms with van der Waals surface area (Å²) in [7, 11) is 0. The van der Waals surface area contributed by atoms with E-state index in [9.17, 15) is 9.59 Å². The van der Waals surface area contributed by atoms with Crippen LogP contribution >= 0.6 is 11.6 Å². The van der Waals surface area contributed by atoms with Gasteiger partial charge in [-0.25, -0.2) is 0 Å². The zero-order valence-corrected chi connectivity index (χ0v) is 12.9. The van der Waals surface area contributed by atoms with Crippen LogP contribution in [-0.4, -0.2) is 35.3 Å². The molecule has 0 aromatic heterocycles. The summed E-state index contributed by atoms with van der Waals surface area (Å²) in [6.45, 7) is 3.91. The summed E-state index contributed by atoms with van der Waals surface area (Å²) in [6, 6.07) is 6.48. The molecule has 114 valence electrons. The smallest absolute Gasteiger partial charge is 0.243 e. The van der Waals surface area contributed by atoms with Gasteiger partial charge in [-0.05, 0) is 25.0 Å². The zero-order valence-electron chi connectivity index (χ0n) is 12.2. The highest BCUT2D eigenvalue weighted by Gasteiger charge is 2.39. The van der Waals surface area contributed by atoms with E-state index in [1.54, 1.807) is 6.07 Å². The van der Waals surface area contributed by atoms with Gasteiger partial charge in [0.15, 0.2) is 0 Å². The van der Waals surface area contributed by atoms with E-state index in [-0.39, 0.29) is 36.5 Å². The molecule has 1 saturated heterocycles.